The number of hydrogen-bond donors (Lipinski definition) is 1. The first kappa shape index (κ1) is 10.1. The van der Waals surface area contributed by atoms with Crippen LogP contribution < -0.4 is 5.73 Å². The Balaban J connectivity index is 2.04. The van der Waals surface area contributed by atoms with E-state index in [4.69, 9.17) is 10.5 Å². The topological polar surface area (TPSA) is 78.9 Å². The van der Waals surface area contributed by atoms with Crippen LogP contribution in [0.15, 0.2) is 11.6 Å². The quantitative estimate of drug-likeness (QED) is 0.820. The van der Waals surface area contributed by atoms with E-state index in [1.54, 1.807) is 29.3 Å². The zero-order valence-corrected chi connectivity index (χ0v) is 9.07. The Morgan fingerprint density at radius 3 is 3.13 bits per heavy atom. The van der Waals surface area contributed by atoms with Crippen molar-refractivity contribution in [1.82, 2.24) is 20.0 Å². The molecule has 0 radical (unpaired) electrons. The molecule has 0 aliphatic rings. The number of ether oxygens (including phenoxy) is 1. The zero-order valence-electron chi connectivity index (χ0n) is 8.25. The van der Waals surface area contributed by atoms with Crippen molar-refractivity contribution in [3.8, 4) is 0 Å². The minimum absolute atomic E-state index is 0.419. The van der Waals surface area contributed by atoms with Gasteiger partial charge < -0.3 is 10.5 Å². The number of methoxy groups -OCH3 is 1. The number of thiazole rings is 1. The zero-order chi connectivity index (χ0) is 10.7. The van der Waals surface area contributed by atoms with Crippen LogP contribution in [0, 0.1) is 0 Å². The highest BCUT2D eigenvalue weighted by Crippen LogP contribution is 2.11. The maximum Gasteiger partial charge on any atom is 0.165 e. The van der Waals surface area contributed by atoms with Crippen LogP contribution in [-0.4, -0.2) is 27.1 Å². The molecule has 7 heteroatoms. The van der Waals surface area contributed by atoms with E-state index in [-0.39, 0.29) is 0 Å². The normalized spacial score (nSPS) is 10.7. The monoisotopic (exact) mass is 225 g/mol. The molecular formula is C8H11N5OS. The van der Waals surface area contributed by atoms with Crippen molar-refractivity contribution < 1.29 is 4.74 Å². The van der Waals surface area contributed by atoms with Crippen LogP contribution in [0.3, 0.4) is 0 Å². The van der Waals surface area contributed by atoms with E-state index in [0.717, 1.165) is 10.7 Å². The Morgan fingerprint density at radius 1 is 1.60 bits per heavy atom. The van der Waals surface area contributed by atoms with Gasteiger partial charge in [0.1, 0.15) is 5.01 Å². The van der Waals surface area contributed by atoms with Crippen molar-refractivity contribution in [3.05, 3.63) is 22.3 Å². The Kier molecular flexibility index (Phi) is 2.93. The molecule has 0 fully saturated rings. The molecular weight excluding hydrogens is 214 g/mol. The van der Waals surface area contributed by atoms with Gasteiger partial charge >= 0.3 is 0 Å². The highest BCUT2D eigenvalue weighted by molar-refractivity contribution is 7.09. The fraction of sp³-hybridized carbons (Fsp3) is 0.375. The van der Waals surface area contributed by atoms with Gasteiger partial charge in [-0.25, -0.2) is 9.67 Å². The molecule has 2 rings (SSSR count). The SMILES string of the molecule is COCc1nc(Cn2cc(N)nn2)cs1. The summed E-state index contributed by atoms with van der Waals surface area (Å²) in [5.74, 6) is 0.419. The van der Waals surface area contributed by atoms with Gasteiger partial charge in [0.2, 0.25) is 0 Å². The molecule has 0 aliphatic heterocycles. The lowest BCUT2D eigenvalue weighted by Crippen LogP contribution is -2.01. The van der Waals surface area contributed by atoms with Gasteiger partial charge in [-0.2, -0.15) is 0 Å². The summed E-state index contributed by atoms with van der Waals surface area (Å²) in [6.45, 7) is 1.13. The average Bonchev–Trinajstić information content (AvgIpc) is 2.78. The summed E-state index contributed by atoms with van der Waals surface area (Å²) in [7, 11) is 1.65. The lowest BCUT2D eigenvalue weighted by molar-refractivity contribution is 0.184. The standard InChI is InChI=1S/C8H11N5OS/c1-14-4-8-10-6(5-15-8)2-13-3-7(9)11-12-13/h3,5H,2,4,9H2,1H3. The van der Waals surface area contributed by atoms with Crippen LogP contribution in [0.5, 0.6) is 0 Å². The summed E-state index contributed by atoms with van der Waals surface area (Å²) in [6.07, 6.45) is 1.68. The van der Waals surface area contributed by atoms with Gasteiger partial charge in [-0.15, -0.1) is 16.4 Å². The molecule has 0 bridgehead atoms. The predicted octanol–water partition coefficient (Wildman–Crippen LogP) is 0.512. The summed E-state index contributed by atoms with van der Waals surface area (Å²) < 4.78 is 6.64. The highest BCUT2D eigenvalue weighted by atomic mass is 32.1. The van der Waals surface area contributed by atoms with Crippen LogP contribution in [0.1, 0.15) is 10.7 Å². The summed E-state index contributed by atoms with van der Waals surface area (Å²) in [4.78, 5) is 4.37. The molecule has 0 aromatic carbocycles. The van der Waals surface area contributed by atoms with E-state index in [2.05, 4.69) is 15.3 Å². The third-order valence-corrected chi connectivity index (χ3v) is 2.62. The Hall–Kier alpha value is -1.47. The summed E-state index contributed by atoms with van der Waals surface area (Å²) >= 11 is 1.57. The first-order chi connectivity index (χ1) is 7.28. The Morgan fingerprint density at radius 2 is 2.47 bits per heavy atom. The van der Waals surface area contributed by atoms with Crippen molar-refractivity contribution in [2.75, 3.05) is 12.8 Å². The van der Waals surface area contributed by atoms with E-state index < -0.39 is 0 Å². The first-order valence-corrected chi connectivity index (χ1v) is 5.23. The Bertz CT molecular complexity index is 438. The average molecular weight is 225 g/mol. The second kappa shape index (κ2) is 4.37. The number of nitrogens with two attached hydrogens (primary N) is 1. The molecule has 0 spiro atoms. The first-order valence-electron chi connectivity index (χ1n) is 4.36. The molecule has 0 saturated heterocycles. The van der Waals surface area contributed by atoms with Crippen molar-refractivity contribution >= 4 is 17.2 Å². The molecule has 0 atom stereocenters. The molecule has 0 amide bonds. The van der Waals surface area contributed by atoms with Gasteiger partial charge in [-0.1, -0.05) is 5.21 Å². The third-order valence-electron chi connectivity index (χ3n) is 1.75. The smallest absolute Gasteiger partial charge is 0.165 e. The van der Waals surface area contributed by atoms with Gasteiger partial charge in [0.25, 0.3) is 0 Å². The van der Waals surface area contributed by atoms with Crippen LogP contribution in [0.4, 0.5) is 5.82 Å². The van der Waals surface area contributed by atoms with Crippen LogP contribution in [-0.2, 0) is 17.9 Å². The van der Waals surface area contributed by atoms with E-state index in [0.29, 0.717) is 19.0 Å². The number of rotatable bonds is 4. The number of nitrogens with zero attached hydrogens (tertiary/aromatic N) is 4. The van der Waals surface area contributed by atoms with Gasteiger partial charge in [0.05, 0.1) is 25.0 Å². The molecule has 2 aromatic rings. The van der Waals surface area contributed by atoms with Gasteiger partial charge in [-0.3, -0.25) is 0 Å². The van der Waals surface area contributed by atoms with Crippen molar-refractivity contribution in [3.63, 3.8) is 0 Å². The molecule has 2 aromatic heterocycles. The molecule has 80 valence electrons. The fourth-order valence-corrected chi connectivity index (χ4v) is 1.92. The van der Waals surface area contributed by atoms with Gasteiger partial charge in [0.15, 0.2) is 5.82 Å². The number of anilines is 1. The van der Waals surface area contributed by atoms with Crippen molar-refractivity contribution in [2.24, 2.45) is 0 Å². The predicted molar refractivity (Wildman–Crippen MR) is 56.4 cm³/mol. The van der Waals surface area contributed by atoms with Crippen LogP contribution in [0.25, 0.3) is 0 Å². The minimum atomic E-state index is 0.419. The van der Waals surface area contributed by atoms with Crippen molar-refractivity contribution in [1.29, 1.82) is 0 Å². The highest BCUT2D eigenvalue weighted by Gasteiger charge is 2.03. The van der Waals surface area contributed by atoms with Crippen LogP contribution >= 0.6 is 11.3 Å². The largest absolute Gasteiger partial charge is 0.381 e. The van der Waals surface area contributed by atoms with E-state index in [1.165, 1.54) is 0 Å². The van der Waals surface area contributed by atoms with Crippen LogP contribution in [0.2, 0.25) is 0 Å². The number of nitrogen functional groups attached to an aromatic ring is 1. The summed E-state index contributed by atoms with van der Waals surface area (Å²) in [6, 6.07) is 0. The molecule has 2 heterocycles. The molecule has 15 heavy (non-hydrogen) atoms. The third kappa shape index (κ3) is 2.51. The van der Waals surface area contributed by atoms with E-state index >= 15 is 0 Å². The molecule has 6 nitrogen and oxygen atoms in total. The fourth-order valence-electron chi connectivity index (χ4n) is 1.17. The Labute approximate surface area is 90.7 Å². The lowest BCUT2D eigenvalue weighted by Gasteiger charge is -1.94. The maximum atomic E-state index is 5.45. The van der Waals surface area contributed by atoms with E-state index in [9.17, 15) is 0 Å². The maximum absolute atomic E-state index is 5.45. The number of hydrogen-bond acceptors (Lipinski definition) is 6. The number of aromatic nitrogens is 4. The summed E-state index contributed by atoms with van der Waals surface area (Å²) in [5.41, 5.74) is 6.39. The second-order valence-electron chi connectivity index (χ2n) is 3.01. The van der Waals surface area contributed by atoms with Gasteiger partial charge in [0, 0.05) is 12.5 Å². The molecule has 0 unspecified atom stereocenters. The molecule has 0 aliphatic carbocycles. The second-order valence-corrected chi connectivity index (χ2v) is 3.95. The molecule has 0 saturated carbocycles. The van der Waals surface area contributed by atoms with Crippen molar-refractivity contribution in [2.45, 2.75) is 13.2 Å². The summed E-state index contributed by atoms with van der Waals surface area (Å²) in [5, 5.41) is 10.5. The van der Waals surface area contributed by atoms with E-state index in [1.807, 2.05) is 5.38 Å². The van der Waals surface area contributed by atoms with Gasteiger partial charge in [-0.05, 0) is 0 Å². The molecule has 2 N–H and O–H groups in total. The minimum Gasteiger partial charge on any atom is -0.381 e. The lowest BCUT2D eigenvalue weighted by atomic mass is 10.5.